The molecule has 0 unspecified atom stereocenters. The molecule has 0 aliphatic rings. The monoisotopic (exact) mass is 458 g/mol. The molecule has 0 saturated carbocycles. The topological polar surface area (TPSA) is 82.2 Å². The van der Waals surface area contributed by atoms with E-state index < -0.39 is 0 Å². The van der Waals surface area contributed by atoms with Crippen LogP contribution in [0.3, 0.4) is 0 Å². The average Bonchev–Trinajstić information content (AvgIpc) is 3.45. The van der Waals surface area contributed by atoms with Crippen molar-refractivity contribution in [2.75, 3.05) is 18.2 Å². The molecule has 0 saturated heterocycles. The lowest BCUT2D eigenvalue weighted by Crippen LogP contribution is -2.13. The van der Waals surface area contributed by atoms with E-state index in [1.54, 1.807) is 7.11 Å². The standard InChI is InChI=1S/C25H22N4O3S/c1-3-29-20-10-6-4-8-17(20)19-14-16(12-13-21(19)29)26-23(30)15-33-25-28-27-24(32-25)18-9-5-7-11-22(18)31-2/h4-14H,3,15H2,1-2H3,(H,26,30). The summed E-state index contributed by atoms with van der Waals surface area (Å²) in [6, 6.07) is 21.7. The number of ether oxygens (including phenoxy) is 1. The van der Waals surface area contributed by atoms with Crippen LogP contribution in [0.2, 0.25) is 0 Å². The van der Waals surface area contributed by atoms with E-state index >= 15 is 0 Å². The minimum Gasteiger partial charge on any atom is -0.496 e. The SMILES string of the molecule is CCn1c2ccccc2c2cc(NC(=O)CSc3nnc(-c4ccccc4OC)o3)ccc21. The molecule has 1 N–H and O–H groups in total. The van der Waals surface area contributed by atoms with Crippen LogP contribution < -0.4 is 10.1 Å². The van der Waals surface area contributed by atoms with Gasteiger partial charge in [-0.15, -0.1) is 10.2 Å². The molecule has 2 heterocycles. The molecule has 0 aliphatic carbocycles. The third kappa shape index (κ3) is 4.05. The van der Waals surface area contributed by atoms with Crippen LogP contribution in [0, 0.1) is 0 Å². The summed E-state index contributed by atoms with van der Waals surface area (Å²) in [4.78, 5) is 12.6. The third-order valence-electron chi connectivity index (χ3n) is 5.44. The predicted octanol–water partition coefficient (Wildman–Crippen LogP) is 5.60. The molecule has 1 amide bonds. The number of hydrogen-bond donors (Lipinski definition) is 1. The second-order valence-corrected chi connectivity index (χ2v) is 8.33. The Bertz CT molecular complexity index is 1460. The van der Waals surface area contributed by atoms with Crippen LogP contribution in [0.15, 0.2) is 76.4 Å². The van der Waals surface area contributed by atoms with Crippen LogP contribution in [-0.4, -0.2) is 33.5 Å². The largest absolute Gasteiger partial charge is 0.496 e. The zero-order valence-corrected chi connectivity index (χ0v) is 19.1. The molecule has 0 aliphatic heterocycles. The van der Waals surface area contributed by atoms with Crippen molar-refractivity contribution in [3.05, 3.63) is 66.7 Å². The zero-order valence-electron chi connectivity index (χ0n) is 18.2. The van der Waals surface area contributed by atoms with Gasteiger partial charge in [-0.25, -0.2) is 0 Å². The van der Waals surface area contributed by atoms with Crippen LogP contribution in [0.25, 0.3) is 33.3 Å². The van der Waals surface area contributed by atoms with Gasteiger partial charge in [-0.1, -0.05) is 42.1 Å². The fraction of sp³-hybridized carbons (Fsp3) is 0.160. The Balaban J connectivity index is 1.29. The number of hydrogen-bond acceptors (Lipinski definition) is 6. The van der Waals surface area contributed by atoms with Crippen molar-refractivity contribution in [1.82, 2.24) is 14.8 Å². The highest BCUT2D eigenvalue weighted by atomic mass is 32.2. The van der Waals surface area contributed by atoms with Gasteiger partial charge in [-0.3, -0.25) is 4.79 Å². The second-order valence-electron chi connectivity index (χ2n) is 7.40. The van der Waals surface area contributed by atoms with Gasteiger partial charge >= 0.3 is 0 Å². The molecule has 8 heteroatoms. The summed E-state index contributed by atoms with van der Waals surface area (Å²) in [5.41, 5.74) is 3.81. The Morgan fingerprint density at radius 3 is 2.67 bits per heavy atom. The van der Waals surface area contributed by atoms with Gasteiger partial charge in [0.1, 0.15) is 5.75 Å². The lowest BCUT2D eigenvalue weighted by Gasteiger charge is -2.06. The van der Waals surface area contributed by atoms with Crippen molar-refractivity contribution in [2.45, 2.75) is 18.7 Å². The van der Waals surface area contributed by atoms with Crippen molar-refractivity contribution in [3.63, 3.8) is 0 Å². The van der Waals surface area contributed by atoms with Crippen LogP contribution in [0.4, 0.5) is 5.69 Å². The first-order chi connectivity index (χ1) is 16.2. The maximum Gasteiger partial charge on any atom is 0.277 e. The number of rotatable bonds is 7. The molecule has 0 spiro atoms. The molecule has 5 aromatic rings. The molecule has 0 atom stereocenters. The number of aryl methyl sites for hydroxylation is 1. The highest BCUT2D eigenvalue weighted by molar-refractivity contribution is 7.99. The smallest absolute Gasteiger partial charge is 0.277 e. The highest BCUT2D eigenvalue weighted by Crippen LogP contribution is 2.32. The Morgan fingerprint density at radius 2 is 1.82 bits per heavy atom. The quantitative estimate of drug-likeness (QED) is 0.320. The number of aromatic nitrogens is 3. The lowest BCUT2D eigenvalue weighted by atomic mass is 10.1. The number of amides is 1. The number of nitrogens with one attached hydrogen (secondary N) is 1. The van der Waals surface area contributed by atoms with Crippen molar-refractivity contribution >= 4 is 45.2 Å². The lowest BCUT2D eigenvalue weighted by molar-refractivity contribution is -0.113. The number of para-hydroxylation sites is 2. The summed E-state index contributed by atoms with van der Waals surface area (Å²) in [7, 11) is 1.59. The van der Waals surface area contributed by atoms with Crippen molar-refractivity contribution in [1.29, 1.82) is 0 Å². The van der Waals surface area contributed by atoms with Gasteiger partial charge in [0.05, 0.1) is 18.4 Å². The van der Waals surface area contributed by atoms with E-state index in [2.05, 4.69) is 45.2 Å². The van der Waals surface area contributed by atoms with E-state index in [1.165, 1.54) is 22.7 Å². The highest BCUT2D eigenvalue weighted by Gasteiger charge is 2.15. The molecule has 7 nitrogen and oxygen atoms in total. The van der Waals surface area contributed by atoms with Crippen LogP contribution >= 0.6 is 11.8 Å². The van der Waals surface area contributed by atoms with Gasteiger partial charge in [-0.05, 0) is 43.3 Å². The molecule has 3 aromatic carbocycles. The first-order valence-corrected chi connectivity index (χ1v) is 11.6. The Morgan fingerprint density at radius 1 is 1.03 bits per heavy atom. The fourth-order valence-corrected chi connectivity index (χ4v) is 4.56. The molecule has 5 rings (SSSR count). The summed E-state index contributed by atoms with van der Waals surface area (Å²) in [6.07, 6.45) is 0. The second kappa shape index (κ2) is 8.99. The summed E-state index contributed by atoms with van der Waals surface area (Å²) in [5.74, 6) is 1.02. The summed E-state index contributed by atoms with van der Waals surface area (Å²) in [6.45, 7) is 3.02. The Kier molecular flexibility index (Phi) is 5.75. The van der Waals surface area contributed by atoms with Crippen LogP contribution in [-0.2, 0) is 11.3 Å². The van der Waals surface area contributed by atoms with Gasteiger partial charge in [0, 0.05) is 34.0 Å². The number of carbonyl (C=O) groups is 1. The van der Waals surface area contributed by atoms with Crippen LogP contribution in [0.1, 0.15) is 6.92 Å². The minimum atomic E-state index is -0.143. The first-order valence-electron chi connectivity index (χ1n) is 10.6. The maximum absolute atomic E-state index is 12.6. The summed E-state index contributed by atoms with van der Waals surface area (Å²) < 4.78 is 13.3. The Hall–Kier alpha value is -3.78. The van der Waals surface area contributed by atoms with E-state index in [1.807, 2.05) is 48.5 Å². The normalized spacial score (nSPS) is 11.2. The number of fused-ring (bicyclic) bond motifs is 3. The van der Waals surface area contributed by atoms with E-state index in [4.69, 9.17) is 9.15 Å². The number of thioether (sulfide) groups is 1. The predicted molar refractivity (Wildman–Crippen MR) is 131 cm³/mol. The van der Waals surface area contributed by atoms with E-state index in [0.717, 1.165) is 23.1 Å². The molecule has 0 fully saturated rings. The van der Waals surface area contributed by atoms with Crippen molar-refractivity contribution in [3.8, 4) is 17.2 Å². The number of methoxy groups -OCH3 is 1. The van der Waals surface area contributed by atoms with Gasteiger partial charge in [0.25, 0.3) is 11.1 Å². The zero-order chi connectivity index (χ0) is 22.8. The Labute approximate surface area is 194 Å². The van der Waals surface area contributed by atoms with E-state index in [-0.39, 0.29) is 11.7 Å². The maximum atomic E-state index is 12.6. The summed E-state index contributed by atoms with van der Waals surface area (Å²) in [5, 5.41) is 13.7. The average molecular weight is 459 g/mol. The number of carbonyl (C=O) groups excluding carboxylic acids is 1. The van der Waals surface area contributed by atoms with Crippen molar-refractivity contribution < 1.29 is 13.9 Å². The van der Waals surface area contributed by atoms with Gasteiger partial charge in [0.2, 0.25) is 5.91 Å². The molecule has 0 bridgehead atoms. The molecular formula is C25H22N4O3S. The molecular weight excluding hydrogens is 436 g/mol. The van der Waals surface area contributed by atoms with Crippen molar-refractivity contribution in [2.24, 2.45) is 0 Å². The third-order valence-corrected chi connectivity index (χ3v) is 6.26. The minimum absolute atomic E-state index is 0.143. The number of anilines is 1. The first kappa shape index (κ1) is 21.1. The molecule has 166 valence electrons. The number of nitrogens with zero attached hydrogens (tertiary/aromatic N) is 3. The molecule has 2 aromatic heterocycles. The summed E-state index contributed by atoms with van der Waals surface area (Å²) >= 11 is 1.19. The van der Waals surface area contributed by atoms with Gasteiger partial charge in [0.15, 0.2) is 0 Å². The van der Waals surface area contributed by atoms with Crippen LogP contribution in [0.5, 0.6) is 5.75 Å². The van der Waals surface area contributed by atoms with E-state index in [0.29, 0.717) is 22.4 Å². The van der Waals surface area contributed by atoms with Gasteiger partial charge < -0.3 is 19.0 Å². The van der Waals surface area contributed by atoms with Gasteiger partial charge in [-0.2, -0.15) is 0 Å². The van der Waals surface area contributed by atoms with E-state index in [9.17, 15) is 4.79 Å². The molecule has 33 heavy (non-hydrogen) atoms. The fourth-order valence-electron chi connectivity index (χ4n) is 3.99. The molecule has 0 radical (unpaired) electrons. The number of benzene rings is 3.